The van der Waals surface area contributed by atoms with Crippen LogP contribution in [0.4, 0.5) is 22.7 Å². The van der Waals surface area contributed by atoms with Gasteiger partial charge in [-0.25, -0.2) is 4.90 Å². The lowest BCUT2D eigenvalue weighted by atomic mass is 10.1. The molecule has 4 amide bonds. The number of hydrogen-bond donors (Lipinski definition) is 2. The summed E-state index contributed by atoms with van der Waals surface area (Å²) in [7, 11) is 0. The highest BCUT2D eigenvalue weighted by atomic mass is 35.5. The topological polar surface area (TPSA) is 120 Å². The Morgan fingerprint density at radius 1 is 0.755 bits per heavy atom. The van der Waals surface area contributed by atoms with Gasteiger partial charge in [0.2, 0.25) is 11.8 Å². The van der Waals surface area contributed by atoms with E-state index in [9.17, 15) is 19.2 Å². The van der Waals surface area contributed by atoms with Crippen molar-refractivity contribution in [3.8, 4) is 0 Å². The minimum absolute atomic E-state index is 0.0390. The highest BCUT2D eigenvalue weighted by molar-refractivity contribution is 8.00. The molecule has 5 aromatic rings. The summed E-state index contributed by atoms with van der Waals surface area (Å²) in [6.45, 7) is 0. The summed E-state index contributed by atoms with van der Waals surface area (Å²) in [4.78, 5) is 54.4. The lowest BCUT2D eigenvalue weighted by Crippen LogP contribution is -2.31. The monoisotopic (exact) mass is 685 g/mol. The van der Waals surface area contributed by atoms with E-state index in [4.69, 9.17) is 11.6 Å². The lowest BCUT2D eigenvalue weighted by Gasteiger charge is -2.15. The number of thioether (sulfide) groups is 1. The largest absolute Gasteiger partial charge is 0.321 e. The summed E-state index contributed by atoms with van der Waals surface area (Å²) in [5.74, 6) is -1.56. The number of anilines is 2. The molecule has 1 unspecified atom stereocenters. The fourth-order valence-electron chi connectivity index (χ4n) is 4.89. The molecule has 1 heterocycles. The van der Waals surface area contributed by atoms with Gasteiger partial charge in [-0.1, -0.05) is 60.1 Å². The van der Waals surface area contributed by atoms with Gasteiger partial charge in [0.25, 0.3) is 11.8 Å². The third kappa shape index (κ3) is 8.55. The van der Waals surface area contributed by atoms with Crippen LogP contribution in [0.2, 0.25) is 5.02 Å². The number of imide groups is 1. The molecule has 242 valence electrons. The van der Waals surface area contributed by atoms with Crippen molar-refractivity contribution in [3.63, 3.8) is 0 Å². The van der Waals surface area contributed by atoms with Gasteiger partial charge in [-0.3, -0.25) is 19.2 Å². The van der Waals surface area contributed by atoms with Crippen molar-refractivity contribution in [1.29, 1.82) is 0 Å². The van der Waals surface area contributed by atoms with Crippen molar-refractivity contribution >= 4 is 75.8 Å². The fraction of sp³-hybridized carbons (Fsp3) is 0.0526. The van der Waals surface area contributed by atoms with Crippen LogP contribution in [0.1, 0.15) is 22.3 Å². The van der Waals surface area contributed by atoms with E-state index < -0.39 is 17.1 Å². The quantitative estimate of drug-likeness (QED) is 0.0867. The van der Waals surface area contributed by atoms with Crippen LogP contribution in [0.25, 0.3) is 6.08 Å². The number of halogens is 1. The molecule has 2 N–H and O–H groups in total. The number of rotatable bonds is 10. The number of nitrogens with one attached hydrogen (secondary N) is 2. The second kappa shape index (κ2) is 15.4. The Bertz CT molecular complexity index is 2040. The van der Waals surface area contributed by atoms with Crippen LogP contribution in [0.3, 0.4) is 0 Å². The van der Waals surface area contributed by atoms with E-state index >= 15 is 0 Å². The summed E-state index contributed by atoms with van der Waals surface area (Å²) in [5, 5.41) is 13.9. The van der Waals surface area contributed by atoms with E-state index in [0.29, 0.717) is 33.2 Å². The molecule has 0 radical (unpaired) electrons. The van der Waals surface area contributed by atoms with Crippen molar-refractivity contribution in [3.05, 3.63) is 155 Å². The first-order chi connectivity index (χ1) is 23.8. The molecule has 1 aliphatic heterocycles. The molecule has 9 nitrogen and oxygen atoms in total. The number of benzene rings is 5. The maximum atomic E-state index is 13.4. The maximum absolute atomic E-state index is 13.4. The molecular formula is C38H28ClN5O4S. The standard InChI is InChI=1S/C38H28ClN5O4S/c39-27-13-11-25(12-14-27)23-33(41-36(46)26-7-3-1-4-8-26)37(47)40-28-17-21-32(22-18-28)49-34-24-35(45)44(38(34)48)31-19-15-30(16-20-31)43-42-29-9-5-2-6-10-29/h1-23,34H,24H2,(H,40,47)(H,41,46)/b33-23-,43-42?. The van der Waals surface area contributed by atoms with Crippen LogP contribution < -0.4 is 15.5 Å². The molecular weight excluding hydrogens is 658 g/mol. The number of amides is 4. The Kier molecular flexibility index (Phi) is 10.4. The molecule has 1 aliphatic rings. The Labute approximate surface area is 291 Å². The number of carbonyl (C=O) groups is 4. The Balaban J connectivity index is 1.09. The van der Waals surface area contributed by atoms with Gasteiger partial charge < -0.3 is 10.6 Å². The van der Waals surface area contributed by atoms with E-state index in [2.05, 4.69) is 20.9 Å². The number of nitrogens with zero attached hydrogens (tertiary/aromatic N) is 3. The zero-order valence-corrected chi connectivity index (χ0v) is 27.4. The normalized spacial score (nSPS) is 14.7. The van der Waals surface area contributed by atoms with Crippen LogP contribution in [-0.4, -0.2) is 28.9 Å². The van der Waals surface area contributed by atoms with Crippen LogP contribution >= 0.6 is 23.4 Å². The number of carbonyl (C=O) groups excluding carboxylic acids is 4. The average molecular weight is 686 g/mol. The molecule has 5 aromatic carbocycles. The summed E-state index contributed by atoms with van der Waals surface area (Å²) < 4.78 is 0. The Morgan fingerprint density at radius 2 is 1.37 bits per heavy atom. The predicted molar refractivity (Wildman–Crippen MR) is 192 cm³/mol. The fourth-order valence-corrected chi connectivity index (χ4v) is 6.07. The average Bonchev–Trinajstić information content (AvgIpc) is 3.41. The molecule has 0 bridgehead atoms. The summed E-state index contributed by atoms with van der Waals surface area (Å²) >= 11 is 7.29. The van der Waals surface area contributed by atoms with Crippen molar-refractivity contribution in [1.82, 2.24) is 5.32 Å². The third-order valence-corrected chi connectivity index (χ3v) is 8.80. The van der Waals surface area contributed by atoms with E-state index in [1.807, 2.05) is 30.3 Å². The van der Waals surface area contributed by atoms with Crippen LogP contribution in [0.5, 0.6) is 0 Å². The predicted octanol–water partition coefficient (Wildman–Crippen LogP) is 8.59. The van der Waals surface area contributed by atoms with Gasteiger partial charge in [0.15, 0.2) is 0 Å². The van der Waals surface area contributed by atoms with Crippen molar-refractivity contribution in [2.24, 2.45) is 10.2 Å². The molecule has 0 aromatic heterocycles. The first-order valence-electron chi connectivity index (χ1n) is 15.2. The minimum atomic E-state index is -0.604. The van der Waals surface area contributed by atoms with Crippen molar-refractivity contribution in [2.75, 3.05) is 10.2 Å². The highest BCUT2D eigenvalue weighted by Gasteiger charge is 2.40. The summed E-state index contributed by atoms with van der Waals surface area (Å²) in [5.41, 5.74) is 3.37. The number of azo groups is 1. The van der Waals surface area contributed by atoms with E-state index in [0.717, 1.165) is 10.6 Å². The highest BCUT2D eigenvalue weighted by Crippen LogP contribution is 2.35. The molecule has 6 rings (SSSR count). The summed E-state index contributed by atoms with van der Waals surface area (Å²) in [6.07, 6.45) is 1.62. The van der Waals surface area contributed by atoms with E-state index in [-0.39, 0.29) is 23.9 Å². The van der Waals surface area contributed by atoms with Gasteiger partial charge >= 0.3 is 0 Å². The Hall–Kier alpha value is -5.84. The molecule has 0 aliphatic carbocycles. The summed E-state index contributed by atoms with van der Waals surface area (Å²) in [6, 6.07) is 38.5. The molecule has 0 saturated carbocycles. The smallest absolute Gasteiger partial charge is 0.272 e. The first kappa shape index (κ1) is 33.1. The van der Waals surface area contributed by atoms with Crippen LogP contribution in [-0.2, 0) is 14.4 Å². The van der Waals surface area contributed by atoms with Gasteiger partial charge in [-0.2, -0.15) is 10.2 Å². The van der Waals surface area contributed by atoms with Crippen molar-refractivity contribution < 1.29 is 19.2 Å². The van der Waals surface area contributed by atoms with Gasteiger partial charge in [-0.15, -0.1) is 11.8 Å². The molecule has 11 heteroatoms. The van der Waals surface area contributed by atoms with Gasteiger partial charge in [-0.05, 0) is 96.6 Å². The van der Waals surface area contributed by atoms with Crippen LogP contribution in [0.15, 0.2) is 154 Å². The number of hydrogen-bond acceptors (Lipinski definition) is 7. The Morgan fingerprint density at radius 3 is 2.02 bits per heavy atom. The van der Waals surface area contributed by atoms with Gasteiger partial charge in [0.05, 0.1) is 22.3 Å². The van der Waals surface area contributed by atoms with Crippen molar-refractivity contribution in [2.45, 2.75) is 16.6 Å². The SMILES string of the molecule is O=C(Nc1ccc(SC2CC(=O)N(c3ccc(N=Nc4ccccc4)cc3)C2=O)cc1)/C(=C/c1ccc(Cl)cc1)NC(=O)c1ccccc1. The lowest BCUT2D eigenvalue weighted by molar-refractivity contribution is -0.121. The maximum Gasteiger partial charge on any atom is 0.272 e. The van der Waals surface area contributed by atoms with E-state index in [1.54, 1.807) is 109 Å². The van der Waals surface area contributed by atoms with Gasteiger partial charge in [0, 0.05) is 27.6 Å². The zero-order valence-electron chi connectivity index (χ0n) is 25.8. The molecule has 1 saturated heterocycles. The first-order valence-corrected chi connectivity index (χ1v) is 16.4. The van der Waals surface area contributed by atoms with Gasteiger partial charge in [0.1, 0.15) is 5.70 Å². The molecule has 0 spiro atoms. The second-order valence-corrected chi connectivity index (χ2v) is 12.6. The third-order valence-electron chi connectivity index (χ3n) is 7.35. The molecule has 1 atom stereocenters. The molecule has 49 heavy (non-hydrogen) atoms. The minimum Gasteiger partial charge on any atom is -0.321 e. The zero-order chi connectivity index (χ0) is 34.2. The van der Waals surface area contributed by atoms with Crippen LogP contribution in [0, 0.1) is 0 Å². The van der Waals surface area contributed by atoms with E-state index in [1.165, 1.54) is 16.7 Å². The second-order valence-electron chi connectivity index (χ2n) is 10.8. The molecule has 1 fully saturated rings.